The van der Waals surface area contributed by atoms with Gasteiger partial charge in [0.15, 0.2) is 11.5 Å². The molecular weight excluding hydrogens is 358 g/mol. The van der Waals surface area contributed by atoms with Crippen molar-refractivity contribution in [3.63, 3.8) is 0 Å². The largest absolute Gasteiger partial charge is 0.493 e. The van der Waals surface area contributed by atoms with E-state index in [9.17, 15) is 13.2 Å². The number of rotatable bonds is 8. The van der Waals surface area contributed by atoms with Gasteiger partial charge >= 0.3 is 5.97 Å². The molecule has 140 valence electrons. The van der Waals surface area contributed by atoms with E-state index in [4.69, 9.17) is 14.2 Å². The SMILES string of the molecule is CCOC(=O)C(NS(=O)(=O)c1ccc(OC)c(OC)c1)c1ccccc1. The maximum Gasteiger partial charge on any atom is 0.328 e. The van der Waals surface area contributed by atoms with Crippen LogP contribution in [-0.4, -0.2) is 35.2 Å². The van der Waals surface area contributed by atoms with Crippen LogP contribution in [0.4, 0.5) is 0 Å². The van der Waals surface area contributed by atoms with Gasteiger partial charge in [-0.2, -0.15) is 4.72 Å². The molecule has 7 nitrogen and oxygen atoms in total. The summed E-state index contributed by atoms with van der Waals surface area (Å²) in [4.78, 5) is 12.2. The number of carbonyl (C=O) groups is 1. The third kappa shape index (κ3) is 4.53. The minimum atomic E-state index is -4.01. The Hall–Kier alpha value is -2.58. The lowest BCUT2D eigenvalue weighted by atomic mass is 10.1. The number of sulfonamides is 1. The summed E-state index contributed by atoms with van der Waals surface area (Å²) in [7, 11) is -1.15. The number of nitrogens with one attached hydrogen (secondary N) is 1. The lowest BCUT2D eigenvalue weighted by molar-refractivity contribution is -0.145. The summed E-state index contributed by atoms with van der Waals surface area (Å²) >= 11 is 0. The van der Waals surface area contributed by atoms with Gasteiger partial charge < -0.3 is 14.2 Å². The Morgan fingerprint density at radius 2 is 1.69 bits per heavy atom. The second-order valence-electron chi connectivity index (χ2n) is 5.23. The molecule has 0 aliphatic heterocycles. The molecular formula is C18H21NO6S. The highest BCUT2D eigenvalue weighted by Crippen LogP contribution is 2.30. The predicted molar refractivity (Wildman–Crippen MR) is 95.7 cm³/mol. The number of benzene rings is 2. The van der Waals surface area contributed by atoms with Crippen LogP contribution in [0.5, 0.6) is 11.5 Å². The highest BCUT2D eigenvalue weighted by atomic mass is 32.2. The quantitative estimate of drug-likeness (QED) is 0.708. The first-order chi connectivity index (χ1) is 12.4. The van der Waals surface area contributed by atoms with Gasteiger partial charge in [-0.3, -0.25) is 0 Å². The van der Waals surface area contributed by atoms with E-state index in [1.165, 1.54) is 32.4 Å². The standard InChI is InChI=1S/C18H21NO6S/c1-4-25-18(20)17(13-8-6-5-7-9-13)19-26(21,22)14-10-11-15(23-2)16(12-14)24-3/h5-12,17,19H,4H2,1-3H3. The number of methoxy groups -OCH3 is 2. The van der Waals surface area contributed by atoms with E-state index in [-0.39, 0.29) is 17.3 Å². The molecule has 26 heavy (non-hydrogen) atoms. The molecule has 0 aliphatic carbocycles. The number of carbonyl (C=O) groups excluding carboxylic acids is 1. The molecule has 2 rings (SSSR count). The van der Waals surface area contributed by atoms with E-state index in [1.807, 2.05) is 0 Å². The van der Waals surface area contributed by atoms with Gasteiger partial charge in [-0.15, -0.1) is 0 Å². The Morgan fingerprint density at radius 1 is 1.04 bits per heavy atom. The molecule has 0 saturated carbocycles. The van der Waals surface area contributed by atoms with Gasteiger partial charge in [-0.1, -0.05) is 30.3 Å². The lowest BCUT2D eigenvalue weighted by Crippen LogP contribution is -2.35. The van der Waals surface area contributed by atoms with Crippen LogP contribution in [0.2, 0.25) is 0 Å². The lowest BCUT2D eigenvalue weighted by Gasteiger charge is -2.18. The smallest absolute Gasteiger partial charge is 0.328 e. The van der Waals surface area contributed by atoms with Gasteiger partial charge in [0.1, 0.15) is 6.04 Å². The van der Waals surface area contributed by atoms with Crippen LogP contribution in [0.3, 0.4) is 0 Å². The minimum absolute atomic E-state index is 0.0552. The molecule has 0 spiro atoms. The fourth-order valence-electron chi connectivity index (χ4n) is 2.33. The zero-order chi connectivity index (χ0) is 19.2. The van der Waals surface area contributed by atoms with Crippen molar-refractivity contribution in [2.75, 3.05) is 20.8 Å². The van der Waals surface area contributed by atoms with Crippen molar-refractivity contribution >= 4 is 16.0 Å². The minimum Gasteiger partial charge on any atom is -0.493 e. The molecule has 0 radical (unpaired) electrons. The van der Waals surface area contributed by atoms with Gasteiger partial charge in [-0.25, -0.2) is 13.2 Å². The van der Waals surface area contributed by atoms with E-state index in [1.54, 1.807) is 37.3 Å². The van der Waals surface area contributed by atoms with E-state index in [0.717, 1.165) is 0 Å². The fourth-order valence-corrected chi connectivity index (χ4v) is 3.52. The Kier molecular flexibility index (Phi) is 6.59. The summed E-state index contributed by atoms with van der Waals surface area (Å²) < 4.78 is 43.2. The fraction of sp³-hybridized carbons (Fsp3) is 0.278. The monoisotopic (exact) mass is 379 g/mol. The average molecular weight is 379 g/mol. The van der Waals surface area contributed by atoms with Crippen LogP contribution < -0.4 is 14.2 Å². The van der Waals surface area contributed by atoms with Crippen LogP contribution in [0.1, 0.15) is 18.5 Å². The van der Waals surface area contributed by atoms with Gasteiger partial charge in [0, 0.05) is 6.07 Å². The van der Waals surface area contributed by atoms with Crippen molar-refractivity contribution in [1.29, 1.82) is 0 Å². The summed E-state index contributed by atoms with van der Waals surface area (Å²) in [6.07, 6.45) is 0. The average Bonchev–Trinajstić information content (AvgIpc) is 2.66. The summed E-state index contributed by atoms with van der Waals surface area (Å²) in [5.41, 5.74) is 0.481. The Morgan fingerprint density at radius 3 is 2.27 bits per heavy atom. The van der Waals surface area contributed by atoms with Crippen molar-refractivity contribution in [2.24, 2.45) is 0 Å². The van der Waals surface area contributed by atoms with Crippen LogP contribution >= 0.6 is 0 Å². The van der Waals surface area contributed by atoms with E-state index in [0.29, 0.717) is 11.3 Å². The molecule has 2 aromatic rings. The van der Waals surface area contributed by atoms with E-state index in [2.05, 4.69) is 4.72 Å². The molecule has 0 amide bonds. The van der Waals surface area contributed by atoms with Crippen molar-refractivity contribution in [1.82, 2.24) is 4.72 Å². The van der Waals surface area contributed by atoms with Crippen molar-refractivity contribution in [3.8, 4) is 11.5 Å². The van der Waals surface area contributed by atoms with Crippen molar-refractivity contribution in [3.05, 3.63) is 54.1 Å². The summed E-state index contributed by atoms with van der Waals surface area (Å²) in [5.74, 6) is -0.0121. The molecule has 2 aromatic carbocycles. The van der Waals surface area contributed by atoms with Crippen molar-refractivity contribution < 1.29 is 27.4 Å². The Balaban J connectivity index is 2.39. The molecule has 0 aromatic heterocycles. The summed E-state index contributed by atoms with van der Waals surface area (Å²) in [5, 5.41) is 0. The Labute approximate surface area is 152 Å². The first kappa shape index (κ1) is 19.7. The zero-order valence-electron chi connectivity index (χ0n) is 14.8. The molecule has 0 bridgehead atoms. The maximum atomic E-state index is 12.8. The first-order valence-corrected chi connectivity index (χ1v) is 9.37. The van der Waals surface area contributed by atoms with Crippen molar-refractivity contribution in [2.45, 2.75) is 17.9 Å². The van der Waals surface area contributed by atoms with Gasteiger partial charge in [0.25, 0.3) is 0 Å². The number of hydrogen-bond donors (Lipinski definition) is 1. The predicted octanol–water partition coefficient (Wildman–Crippen LogP) is 2.29. The zero-order valence-corrected chi connectivity index (χ0v) is 15.6. The molecule has 1 unspecified atom stereocenters. The first-order valence-electron chi connectivity index (χ1n) is 7.89. The normalized spacial score (nSPS) is 12.3. The highest BCUT2D eigenvalue weighted by Gasteiger charge is 2.29. The number of hydrogen-bond acceptors (Lipinski definition) is 6. The van der Waals surface area contributed by atoms with Gasteiger partial charge in [-0.05, 0) is 24.6 Å². The third-order valence-corrected chi connectivity index (χ3v) is 5.01. The molecule has 0 aliphatic rings. The third-order valence-electron chi connectivity index (χ3n) is 3.59. The molecule has 0 fully saturated rings. The van der Waals surface area contributed by atoms with E-state index < -0.39 is 22.0 Å². The van der Waals surface area contributed by atoms with Crippen LogP contribution in [0, 0.1) is 0 Å². The second-order valence-corrected chi connectivity index (χ2v) is 6.95. The molecule has 8 heteroatoms. The topological polar surface area (TPSA) is 90.9 Å². The second kappa shape index (κ2) is 8.68. The van der Waals surface area contributed by atoms with Crippen LogP contribution in [0.15, 0.2) is 53.4 Å². The number of ether oxygens (including phenoxy) is 3. The Bertz CT molecular complexity index is 851. The summed E-state index contributed by atoms with van der Waals surface area (Å²) in [6, 6.07) is 11.5. The van der Waals surface area contributed by atoms with Crippen LogP contribution in [0.25, 0.3) is 0 Å². The maximum absolute atomic E-state index is 12.8. The molecule has 1 N–H and O–H groups in total. The van der Waals surface area contributed by atoms with Crippen LogP contribution in [-0.2, 0) is 19.6 Å². The van der Waals surface area contributed by atoms with E-state index >= 15 is 0 Å². The summed E-state index contributed by atoms with van der Waals surface area (Å²) in [6.45, 7) is 1.79. The molecule has 1 atom stereocenters. The van der Waals surface area contributed by atoms with Gasteiger partial charge in [0.05, 0.1) is 25.7 Å². The molecule has 0 saturated heterocycles. The highest BCUT2D eigenvalue weighted by molar-refractivity contribution is 7.89. The number of esters is 1. The van der Waals surface area contributed by atoms with Gasteiger partial charge in [0.2, 0.25) is 10.0 Å². The molecule has 0 heterocycles.